The number of benzene rings is 1. The van der Waals surface area contributed by atoms with Gasteiger partial charge in [-0.1, -0.05) is 0 Å². The summed E-state index contributed by atoms with van der Waals surface area (Å²) in [4.78, 5) is 15.1. The van der Waals surface area contributed by atoms with Gasteiger partial charge in [0.25, 0.3) is 0 Å². The Labute approximate surface area is 110 Å². The van der Waals surface area contributed by atoms with Crippen molar-refractivity contribution in [3.05, 3.63) is 35.2 Å². The summed E-state index contributed by atoms with van der Waals surface area (Å²) in [5.41, 5.74) is 0.903. The molecule has 0 spiro atoms. The van der Waals surface area contributed by atoms with Crippen LogP contribution < -0.4 is 5.32 Å². The molecule has 0 saturated carbocycles. The average molecular weight is 289 g/mol. The predicted molar refractivity (Wildman–Crippen MR) is 66.8 cm³/mol. The van der Waals surface area contributed by atoms with Crippen molar-refractivity contribution in [2.24, 2.45) is 0 Å². The molecule has 2 rings (SSSR count). The van der Waals surface area contributed by atoms with E-state index in [1.807, 2.05) is 0 Å². The lowest BCUT2D eigenvalue weighted by atomic mass is 10.2. The molecule has 1 N–H and O–H groups in total. The van der Waals surface area contributed by atoms with Crippen LogP contribution in [-0.2, 0) is 4.79 Å². The van der Waals surface area contributed by atoms with Crippen molar-refractivity contribution in [3.63, 3.8) is 0 Å². The van der Waals surface area contributed by atoms with Gasteiger partial charge in [-0.05, 0) is 18.2 Å². The fourth-order valence-electron chi connectivity index (χ4n) is 1.27. The number of hydrogen-bond acceptors (Lipinski definition) is 3. The molecule has 0 saturated heterocycles. The Morgan fingerprint density at radius 3 is 2.83 bits per heavy atom. The summed E-state index contributed by atoms with van der Waals surface area (Å²) in [6.07, 6.45) is 0. The third kappa shape index (κ3) is 2.83. The van der Waals surface area contributed by atoms with E-state index in [1.54, 1.807) is 5.38 Å². The van der Waals surface area contributed by atoms with Gasteiger partial charge in [-0.3, -0.25) is 4.79 Å². The highest BCUT2D eigenvalue weighted by atomic mass is 35.5. The van der Waals surface area contributed by atoms with E-state index in [0.29, 0.717) is 16.4 Å². The zero-order valence-electron chi connectivity index (χ0n) is 8.91. The second kappa shape index (κ2) is 5.41. The Hall–Kier alpha value is -1.53. The number of hydrogen-bond donors (Lipinski definition) is 1. The Kier molecular flexibility index (Phi) is 3.88. The van der Waals surface area contributed by atoms with Gasteiger partial charge in [-0.2, -0.15) is 0 Å². The van der Waals surface area contributed by atoms with Crippen LogP contribution in [0.3, 0.4) is 0 Å². The van der Waals surface area contributed by atoms with E-state index >= 15 is 0 Å². The number of alkyl halides is 1. The van der Waals surface area contributed by atoms with Crippen LogP contribution in [0.5, 0.6) is 0 Å². The summed E-state index contributed by atoms with van der Waals surface area (Å²) < 4.78 is 25.8. The van der Waals surface area contributed by atoms with Crippen LogP contribution in [-0.4, -0.2) is 16.8 Å². The molecule has 0 unspecified atom stereocenters. The van der Waals surface area contributed by atoms with Gasteiger partial charge in [0.15, 0.2) is 16.8 Å². The van der Waals surface area contributed by atoms with Gasteiger partial charge in [-0.25, -0.2) is 13.8 Å². The molecule has 94 valence electrons. The number of carbonyl (C=O) groups is 1. The number of nitrogens with one attached hydrogen (secondary N) is 1. The lowest BCUT2D eigenvalue weighted by Crippen LogP contribution is -2.12. The minimum Gasteiger partial charge on any atom is -0.301 e. The van der Waals surface area contributed by atoms with E-state index < -0.39 is 11.6 Å². The zero-order chi connectivity index (χ0) is 13.1. The van der Waals surface area contributed by atoms with E-state index in [1.165, 1.54) is 17.4 Å². The third-order valence-corrected chi connectivity index (χ3v) is 3.09. The van der Waals surface area contributed by atoms with Crippen LogP contribution in [0.2, 0.25) is 0 Å². The van der Waals surface area contributed by atoms with Crippen LogP contribution in [0.4, 0.5) is 13.9 Å². The SMILES string of the molecule is O=C(CCl)Nc1nc(-c2ccc(F)c(F)c2)cs1. The number of thiazole rings is 1. The van der Waals surface area contributed by atoms with Gasteiger partial charge in [0.2, 0.25) is 5.91 Å². The van der Waals surface area contributed by atoms with E-state index in [9.17, 15) is 13.6 Å². The van der Waals surface area contributed by atoms with Crippen molar-refractivity contribution in [1.82, 2.24) is 4.98 Å². The minimum atomic E-state index is -0.938. The maximum absolute atomic E-state index is 13.0. The van der Waals surface area contributed by atoms with E-state index in [4.69, 9.17) is 11.6 Å². The van der Waals surface area contributed by atoms with Crippen LogP contribution >= 0.6 is 22.9 Å². The highest BCUT2D eigenvalue weighted by Crippen LogP contribution is 2.26. The molecule has 1 heterocycles. The van der Waals surface area contributed by atoms with Crippen LogP contribution in [0.25, 0.3) is 11.3 Å². The Bertz CT molecular complexity index is 588. The summed E-state index contributed by atoms with van der Waals surface area (Å²) in [5.74, 6) is -2.39. The fraction of sp³-hybridized carbons (Fsp3) is 0.0909. The molecule has 0 aliphatic heterocycles. The lowest BCUT2D eigenvalue weighted by molar-refractivity contribution is -0.113. The van der Waals surface area contributed by atoms with Crippen LogP contribution in [0.15, 0.2) is 23.6 Å². The number of carbonyl (C=O) groups excluding carboxylic acids is 1. The number of rotatable bonds is 3. The van der Waals surface area contributed by atoms with Gasteiger partial charge in [0.05, 0.1) is 5.69 Å². The first-order chi connectivity index (χ1) is 8.60. The van der Waals surface area contributed by atoms with Gasteiger partial charge in [-0.15, -0.1) is 22.9 Å². The second-order valence-electron chi connectivity index (χ2n) is 3.35. The summed E-state index contributed by atoms with van der Waals surface area (Å²) in [5, 5.41) is 4.47. The van der Waals surface area contributed by atoms with Gasteiger partial charge >= 0.3 is 0 Å². The summed E-state index contributed by atoms with van der Waals surface area (Å²) in [6.45, 7) is 0. The smallest absolute Gasteiger partial charge is 0.241 e. The molecule has 0 bridgehead atoms. The Morgan fingerprint density at radius 2 is 2.17 bits per heavy atom. The average Bonchev–Trinajstić information content (AvgIpc) is 2.81. The van der Waals surface area contributed by atoms with E-state index in [0.717, 1.165) is 12.1 Å². The summed E-state index contributed by atoms with van der Waals surface area (Å²) in [7, 11) is 0. The Balaban J connectivity index is 2.23. The molecule has 1 amide bonds. The van der Waals surface area contributed by atoms with Crippen molar-refractivity contribution < 1.29 is 13.6 Å². The summed E-state index contributed by atoms with van der Waals surface area (Å²) in [6, 6.07) is 3.50. The maximum Gasteiger partial charge on any atom is 0.241 e. The maximum atomic E-state index is 13.0. The number of aromatic nitrogens is 1. The molecular formula is C11H7ClF2N2OS. The van der Waals surface area contributed by atoms with Crippen molar-refractivity contribution in [2.75, 3.05) is 11.2 Å². The molecule has 3 nitrogen and oxygen atoms in total. The monoisotopic (exact) mass is 288 g/mol. The lowest BCUT2D eigenvalue weighted by Gasteiger charge is -1.98. The van der Waals surface area contributed by atoms with Crippen molar-refractivity contribution >= 4 is 34.0 Å². The third-order valence-electron chi connectivity index (χ3n) is 2.09. The first-order valence-electron chi connectivity index (χ1n) is 4.87. The molecule has 1 aromatic carbocycles. The number of halogens is 3. The fourth-order valence-corrected chi connectivity index (χ4v) is 2.07. The standard InChI is InChI=1S/C11H7ClF2N2OS/c12-4-10(17)16-11-15-9(5-18-11)6-1-2-7(13)8(14)3-6/h1-3,5H,4H2,(H,15,16,17). The highest BCUT2D eigenvalue weighted by Gasteiger charge is 2.09. The first-order valence-corrected chi connectivity index (χ1v) is 6.28. The number of anilines is 1. The van der Waals surface area contributed by atoms with Crippen molar-refractivity contribution in [3.8, 4) is 11.3 Å². The zero-order valence-corrected chi connectivity index (χ0v) is 10.5. The molecular weight excluding hydrogens is 282 g/mol. The topological polar surface area (TPSA) is 42.0 Å². The van der Waals surface area contributed by atoms with Gasteiger partial charge < -0.3 is 5.32 Å². The normalized spacial score (nSPS) is 10.4. The Morgan fingerprint density at radius 1 is 1.39 bits per heavy atom. The molecule has 0 fully saturated rings. The molecule has 18 heavy (non-hydrogen) atoms. The molecule has 0 radical (unpaired) electrons. The summed E-state index contributed by atoms with van der Waals surface area (Å²) >= 11 is 6.52. The van der Waals surface area contributed by atoms with Crippen molar-refractivity contribution in [2.45, 2.75) is 0 Å². The first kappa shape index (κ1) is 12.9. The molecule has 1 aromatic heterocycles. The number of nitrogens with zero attached hydrogens (tertiary/aromatic N) is 1. The molecule has 0 aliphatic carbocycles. The quantitative estimate of drug-likeness (QED) is 0.881. The van der Waals surface area contributed by atoms with Gasteiger partial charge in [0, 0.05) is 10.9 Å². The van der Waals surface area contributed by atoms with Crippen LogP contribution in [0, 0.1) is 11.6 Å². The molecule has 2 aromatic rings. The predicted octanol–water partition coefficient (Wildman–Crippen LogP) is 3.27. The highest BCUT2D eigenvalue weighted by molar-refractivity contribution is 7.14. The minimum absolute atomic E-state index is 0.167. The van der Waals surface area contributed by atoms with Gasteiger partial charge in [0.1, 0.15) is 5.88 Å². The molecule has 0 aliphatic rings. The van der Waals surface area contributed by atoms with Crippen LogP contribution in [0.1, 0.15) is 0 Å². The van der Waals surface area contributed by atoms with E-state index in [2.05, 4.69) is 10.3 Å². The largest absolute Gasteiger partial charge is 0.301 e. The van der Waals surface area contributed by atoms with E-state index in [-0.39, 0.29) is 11.8 Å². The second-order valence-corrected chi connectivity index (χ2v) is 4.47. The van der Waals surface area contributed by atoms with Crippen molar-refractivity contribution in [1.29, 1.82) is 0 Å². The molecule has 7 heteroatoms. The molecule has 0 atom stereocenters. The number of amides is 1.